The van der Waals surface area contributed by atoms with Gasteiger partial charge in [0.05, 0.1) is 5.75 Å². The Hall–Kier alpha value is -0.480. The van der Waals surface area contributed by atoms with Crippen LogP contribution in [0.3, 0.4) is 0 Å². The number of amides is 1. The molecule has 1 aliphatic heterocycles. The van der Waals surface area contributed by atoms with E-state index in [0.29, 0.717) is 5.75 Å². The zero-order chi connectivity index (χ0) is 9.26. The molecule has 1 fully saturated rings. The van der Waals surface area contributed by atoms with Gasteiger partial charge in [0.1, 0.15) is 5.37 Å². The van der Waals surface area contributed by atoms with Crippen LogP contribution < -0.4 is 5.32 Å². The lowest BCUT2D eigenvalue weighted by atomic mass is 10.2. The third-order valence-electron chi connectivity index (χ3n) is 1.82. The van der Waals surface area contributed by atoms with Crippen molar-refractivity contribution in [3.05, 3.63) is 34.3 Å². The third-order valence-corrected chi connectivity index (χ3v) is 3.47. The second-order valence-corrected chi connectivity index (χ2v) is 4.82. The first kappa shape index (κ1) is 9.09. The molecule has 0 aromatic heterocycles. The zero-order valence-corrected chi connectivity index (χ0v) is 9.19. The van der Waals surface area contributed by atoms with Crippen LogP contribution in [0.5, 0.6) is 0 Å². The van der Waals surface area contributed by atoms with E-state index < -0.39 is 0 Å². The molecule has 1 amide bonds. The Kier molecular flexibility index (Phi) is 2.60. The summed E-state index contributed by atoms with van der Waals surface area (Å²) in [5.41, 5.74) is 1.14. The van der Waals surface area contributed by atoms with Crippen molar-refractivity contribution < 1.29 is 4.79 Å². The molecule has 1 saturated heterocycles. The molecule has 2 nitrogen and oxygen atoms in total. The van der Waals surface area contributed by atoms with Crippen LogP contribution in [0.25, 0.3) is 0 Å². The number of carbonyl (C=O) groups excluding carboxylic acids is 1. The summed E-state index contributed by atoms with van der Waals surface area (Å²) in [6.45, 7) is 0. The zero-order valence-electron chi connectivity index (χ0n) is 6.79. The van der Waals surface area contributed by atoms with Crippen molar-refractivity contribution in [1.82, 2.24) is 5.32 Å². The first-order valence-corrected chi connectivity index (χ1v) is 5.76. The second kappa shape index (κ2) is 3.72. The van der Waals surface area contributed by atoms with E-state index in [1.165, 1.54) is 0 Å². The van der Waals surface area contributed by atoms with Crippen LogP contribution in [0, 0.1) is 0 Å². The van der Waals surface area contributed by atoms with Gasteiger partial charge < -0.3 is 5.32 Å². The van der Waals surface area contributed by atoms with Crippen LogP contribution in [-0.2, 0) is 4.79 Å². The van der Waals surface area contributed by atoms with E-state index in [1.807, 2.05) is 24.3 Å². The van der Waals surface area contributed by atoms with Gasteiger partial charge >= 0.3 is 0 Å². The van der Waals surface area contributed by atoms with Crippen LogP contribution in [0.2, 0.25) is 0 Å². The highest BCUT2D eigenvalue weighted by Crippen LogP contribution is 2.31. The highest BCUT2D eigenvalue weighted by molar-refractivity contribution is 9.10. The molecule has 0 bridgehead atoms. The van der Waals surface area contributed by atoms with Gasteiger partial charge in [-0.1, -0.05) is 28.1 Å². The van der Waals surface area contributed by atoms with Crippen molar-refractivity contribution in [3.8, 4) is 0 Å². The van der Waals surface area contributed by atoms with E-state index in [9.17, 15) is 4.79 Å². The molecule has 0 radical (unpaired) electrons. The molecule has 1 aliphatic rings. The van der Waals surface area contributed by atoms with Crippen molar-refractivity contribution in [2.24, 2.45) is 0 Å². The predicted octanol–water partition coefficient (Wildman–Crippen LogP) is 2.31. The minimum absolute atomic E-state index is 0.120. The average Bonchev–Trinajstić information content (AvgIpc) is 2.52. The minimum Gasteiger partial charge on any atom is -0.339 e. The van der Waals surface area contributed by atoms with Gasteiger partial charge in [0.25, 0.3) is 0 Å². The lowest BCUT2D eigenvalue weighted by molar-refractivity contribution is -0.118. The number of hydrogen-bond donors (Lipinski definition) is 1. The molecule has 68 valence electrons. The summed E-state index contributed by atoms with van der Waals surface area (Å²) < 4.78 is 1.05. The van der Waals surface area contributed by atoms with Gasteiger partial charge in [-0.2, -0.15) is 0 Å². The fraction of sp³-hybridized carbons (Fsp3) is 0.222. The summed E-state index contributed by atoms with van der Waals surface area (Å²) >= 11 is 5.03. The summed E-state index contributed by atoms with van der Waals surface area (Å²) in [5.74, 6) is 0.687. The maximum absolute atomic E-state index is 11.0. The average molecular weight is 258 g/mol. The fourth-order valence-electron chi connectivity index (χ4n) is 1.24. The van der Waals surface area contributed by atoms with Crippen molar-refractivity contribution >= 4 is 33.6 Å². The molecule has 0 spiro atoms. The largest absolute Gasteiger partial charge is 0.339 e. The van der Waals surface area contributed by atoms with Gasteiger partial charge in [0.2, 0.25) is 5.91 Å². The molecule has 0 aliphatic carbocycles. The quantitative estimate of drug-likeness (QED) is 0.837. The van der Waals surface area contributed by atoms with Crippen LogP contribution in [0.1, 0.15) is 10.9 Å². The van der Waals surface area contributed by atoms with E-state index in [4.69, 9.17) is 0 Å². The Bertz CT molecular complexity index is 342. The highest BCUT2D eigenvalue weighted by atomic mass is 79.9. The van der Waals surface area contributed by atoms with Crippen LogP contribution in [0.4, 0.5) is 0 Å². The molecule has 1 aromatic rings. The summed E-state index contributed by atoms with van der Waals surface area (Å²) in [4.78, 5) is 11.0. The summed E-state index contributed by atoms with van der Waals surface area (Å²) in [7, 11) is 0. The van der Waals surface area contributed by atoms with Crippen LogP contribution >= 0.6 is 27.7 Å². The Morgan fingerprint density at radius 1 is 1.54 bits per heavy atom. The minimum atomic E-state index is 0.120. The summed E-state index contributed by atoms with van der Waals surface area (Å²) in [5, 5.41) is 3.03. The molecule has 1 heterocycles. The summed E-state index contributed by atoms with van der Waals surface area (Å²) in [6.07, 6.45) is 0. The number of benzene rings is 1. The van der Waals surface area contributed by atoms with Crippen molar-refractivity contribution in [1.29, 1.82) is 0 Å². The molecule has 1 unspecified atom stereocenters. The maximum Gasteiger partial charge on any atom is 0.231 e. The van der Waals surface area contributed by atoms with Crippen molar-refractivity contribution in [3.63, 3.8) is 0 Å². The van der Waals surface area contributed by atoms with E-state index >= 15 is 0 Å². The SMILES string of the molecule is O=C1CSC(c2cccc(Br)c2)N1. The number of carbonyl (C=O) groups is 1. The van der Waals surface area contributed by atoms with Gasteiger partial charge in [-0.05, 0) is 17.7 Å². The van der Waals surface area contributed by atoms with Crippen molar-refractivity contribution in [2.75, 3.05) is 5.75 Å². The number of nitrogens with one attached hydrogen (secondary N) is 1. The second-order valence-electron chi connectivity index (χ2n) is 2.81. The fourth-order valence-corrected chi connectivity index (χ4v) is 2.61. The lowest BCUT2D eigenvalue weighted by Gasteiger charge is -2.08. The highest BCUT2D eigenvalue weighted by Gasteiger charge is 2.22. The van der Waals surface area contributed by atoms with Crippen LogP contribution in [0.15, 0.2) is 28.7 Å². The van der Waals surface area contributed by atoms with E-state index in [-0.39, 0.29) is 11.3 Å². The number of halogens is 1. The number of thioether (sulfide) groups is 1. The smallest absolute Gasteiger partial charge is 0.231 e. The van der Waals surface area contributed by atoms with Gasteiger partial charge in [-0.15, -0.1) is 11.8 Å². The first-order valence-electron chi connectivity index (χ1n) is 3.92. The molecule has 2 rings (SSSR count). The molecular weight excluding hydrogens is 250 g/mol. The third kappa shape index (κ3) is 2.06. The molecule has 0 saturated carbocycles. The Morgan fingerprint density at radius 3 is 3.00 bits per heavy atom. The van der Waals surface area contributed by atoms with E-state index in [2.05, 4.69) is 21.2 Å². The Labute approximate surface area is 89.2 Å². The number of hydrogen-bond acceptors (Lipinski definition) is 2. The monoisotopic (exact) mass is 257 g/mol. The topological polar surface area (TPSA) is 29.1 Å². The number of rotatable bonds is 1. The lowest BCUT2D eigenvalue weighted by Crippen LogP contribution is -2.18. The van der Waals surface area contributed by atoms with E-state index in [0.717, 1.165) is 10.0 Å². The van der Waals surface area contributed by atoms with Gasteiger partial charge in [0, 0.05) is 4.47 Å². The normalized spacial score (nSPS) is 21.6. The standard InChI is InChI=1S/C9H8BrNOS/c10-7-3-1-2-6(4-7)9-11-8(12)5-13-9/h1-4,9H,5H2,(H,11,12). The predicted molar refractivity (Wildman–Crippen MR) is 57.5 cm³/mol. The van der Waals surface area contributed by atoms with Gasteiger partial charge in [-0.25, -0.2) is 0 Å². The molecular formula is C9H8BrNOS. The Balaban J connectivity index is 2.21. The van der Waals surface area contributed by atoms with Crippen LogP contribution in [-0.4, -0.2) is 11.7 Å². The molecule has 13 heavy (non-hydrogen) atoms. The van der Waals surface area contributed by atoms with Gasteiger partial charge in [0.15, 0.2) is 0 Å². The van der Waals surface area contributed by atoms with Gasteiger partial charge in [-0.3, -0.25) is 4.79 Å². The first-order chi connectivity index (χ1) is 6.25. The maximum atomic E-state index is 11.0. The van der Waals surface area contributed by atoms with E-state index in [1.54, 1.807) is 11.8 Å². The Morgan fingerprint density at radius 2 is 2.38 bits per heavy atom. The summed E-state index contributed by atoms with van der Waals surface area (Å²) in [6, 6.07) is 8.01. The molecule has 4 heteroatoms. The molecule has 1 atom stereocenters. The molecule has 1 N–H and O–H groups in total. The van der Waals surface area contributed by atoms with Crippen molar-refractivity contribution in [2.45, 2.75) is 5.37 Å². The molecule has 1 aromatic carbocycles.